The van der Waals surface area contributed by atoms with Crippen molar-refractivity contribution in [2.24, 2.45) is 0 Å². The Balaban J connectivity index is 1.74. The molecule has 0 radical (unpaired) electrons. The number of benzene rings is 3. The van der Waals surface area contributed by atoms with Crippen LogP contribution in [0.2, 0.25) is 5.02 Å². The smallest absolute Gasteiger partial charge is 0.264 e. The fourth-order valence-electron chi connectivity index (χ4n) is 4.99. The van der Waals surface area contributed by atoms with E-state index < -0.39 is 28.5 Å². The van der Waals surface area contributed by atoms with E-state index in [1.165, 1.54) is 37.3 Å². The van der Waals surface area contributed by atoms with E-state index in [1.54, 1.807) is 61.5 Å². The number of carbonyl (C=O) groups excluding carboxylic acids is 2. The SMILES string of the molecule is COc1ccc(OC)c(N(CC(=O)N(Cc2ccc(Cl)cc2)[C@@H](C)C(=O)NC2CCCC2)S(=O)(=O)c2ccccc2)c1. The van der Waals surface area contributed by atoms with Crippen LogP contribution in [0.25, 0.3) is 0 Å². The fourth-order valence-corrected chi connectivity index (χ4v) is 6.55. The summed E-state index contributed by atoms with van der Waals surface area (Å²) in [5, 5.41) is 3.60. The zero-order chi connectivity index (χ0) is 30.3. The number of hydrogen-bond donors (Lipinski definition) is 1. The van der Waals surface area contributed by atoms with Crippen molar-refractivity contribution >= 4 is 39.1 Å². The Kier molecular flexibility index (Phi) is 10.3. The van der Waals surface area contributed by atoms with E-state index in [0.717, 1.165) is 35.6 Å². The quantitative estimate of drug-likeness (QED) is 0.307. The van der Waals surface area contributed by atoms with E-state index >= 15 is 0 Å². The molecule has 11 heteroatoms. The molecule has 0 heterocycles. The van der Waals surface area contributed by atoms with E-state index in [-0.39, 0.29) is 34.8 Å². The standard InChI is InChI=1S/C31H36ClN3O6S/c1-22(31(37)33-25-9-7-8-10-25)34(20-23-13-15-24(32)16-14-23)30(36)21-35(42(38,39)27-11-5-4-6-12-27)28-19-26(40-2)17-18-29(28)41-3/h4-6,11-19,22,25H,7-10,20-21H2,1-3H3,(H,33,37)/t22-/m0/s1. The molecule has 0 aliphatic heterocycles. The molecule has 1 atom stereocenters. The highest BCUT2D eigenvalue weighted by molar-refractivity contribution is 7.92. The molecule has 0 bridgehead atoms. The largest absolute Gasteiger partial charge is 0.497 e. The van der Waals surface area contributed by atoms with Crippen LogP contribution < -0.4 is 19.1 Å². The minimum absolute atomic E-state index is 0.000973. The van der Waals surface area contributed by atoms with Crippen molar-refractivity contribution in [2.75, 3.05) is 25.1 Å². The van der Waals surface area contributed by atoms with Crippen molar-refractivity contribution in [1.82, 2.24) is 10.2 Å². The van der Waals surface area contributed by atoms with Crippen LogP contribution in [0.3, 0.4) is 0 Å². The summed E-state index contributed by atoms with van der Waals surface area (Å²) in [7, 11) is -1.37. The first kappa shape index (κ1) is 31.2. The Morgan fingerprint density at radius 1 is 0.976 bits per heavy atom. The molecule has 224 valence electrons. The molecule has 1 aliphatic carbocycles. The summed E-state index contributed by atoms with van der Waals surface area (Å²) in [5.74, 6) is -0.239. The monoisotopic (exact) mass is 613 g/mol. The normalized spacial score (nSPS) is 14.2. The van der Waals surface area contributed by atoms with Gasteiger partial charge in [0.15, 0.2) is 0 Å². The number of anilines is 1. The second-order valence-electron chi connectivity index (χ2n) is 10.2. The number of methoxy groups -OCH3 is 2. The lowest BCUT2D eigenvalue weighted by molar-refractivity contribution is -0.139. The molecule has 1 aliphatic rings. The maximum absolute atomic E-state index is 14.2. The third-order valence-corrected chi connectivity index (χ3v) is 9.43. The van der Waals surface area contributed by atoms with Gasteiger partial charge in [-0.2, -0.15) is 0 Å². The van der Waals surface area contributed by atoms with Crippen LogP contribution in [-0.2, 0) is 26.2 Å². The van der Waals surface area contributed by atoms with Gasteiger partial charge in [0.1, 0.15) is 24.1 Å². The van der Waals surface area contributed by atoms with Crippen molar-refractivity contribution in [1.29, 1.82) is 0 Å². The van der Waals surface area contributed by atoms with E-state index in [9.17, 15) is 18.0 Å². The Hall–Kier alpha value is -3.76. The average molecular weight is 614 g/mol. The molecule has 1 fully saturated rings. The summed E-state index contributed by atoms with van der Waals surface area (Å²) in [6.07, 6.45) is 3.87. The summed E-state index contributed by atoms with van der Waals surface area (Å²) >= 11 is 6.08. The van der Waals surface area contributed by atoms with Crippen LogP contribution in [0.15, 0.2) is 77.7 Å². The molecule has 0 aromatic heterocycles. The van der Waals surface area contributed by atoms with Crippen molar-refractivity contribution in [3.05, 3.63) is 83.4 Å². The number of amides is 2. The van der Waals surface area contributed by atoms with Gasteiger partial charge < -0.3 is 19.7 Å². The number of rotatable bonds is 12. The second-order valence-corrected chi connectivity index (χ2v) is 12.5. The molecule has 0 saturated heterocycles. The lowest BCUT2D eigenvalue weighted by atomic mass is 10.1. The average Bonchev–Trinajstić information content (AvgIpc) is 3.52. The third kappa shape index (κ3) is 7.35. The third-order valence-electron chi connectivity index (χ3n) is 7.40. The zero-order valence-electron chi connectivity index (χ0n) is 24.0. The molecule has 9 nitrogen and oxygen atoms in total. The van der Waals surface area contributed by atoms with Crippen LogP contribution in [-0.4, -0.2) is 58.0 Å². The molecule has 0 spiro atoms. The highest BCUT2D eigenvalue weighted by atomic mass is 35.5. The topological polar surface area (TPSA) is 105 Å². The summed E-state index contributed by atoms with van der Waals surface area (Å²) in [4.78, 5) is 28.9. The van der Waals surface area contributed by atoms with E-state index in [4.69, 9.17) is 21.1 Å². The van der Waals surface area contributed by atoms with Gasteiger partial charge in [-0.05, 0) is 61.7 Å². The van der Waals surface area contributed by atoms with Crippen LogP contribution >= 0.6 is 11.6 Å². The minimum atomic E-state index is -4.25. The molecule has 1 N–H and O–H groups in total. The molecule has 2 amide bonds. The minimum Gasteiger partial charge on any atom is -0.497 e. The highest BCUT2D eigenvalue weighted by Gasteiger charge is 2.34. The van der Waals surface area contributed by atoms with E-state index in [0.29, 0.717) is 10.8 Å². The first-order valence-corrected chi connectivity index (χ1v) is 15.6. The van der Waals surface area contributed by atoms with Crippen LogP contribution in [0, 0.1) is 0 Å². The van der Waals surface area contributed by atoms with Gasteiger partial charge in [0.25, 0.3) is 10.0 Å². The summed E-state index contributed by atoms with van der Waals surface area (Å²) in [5.41, 5.74) is 0.869. The van der Waals surface area contributed by atoms with E-state index in [2.05, 4.69) is 5.32 Å². The Morgan fingerprint density at radius 2 is 1.64 bits per heavy atom. The van der Waals surface area contributed by atoms with Gasteiger partial charge in [0.2, 0.25) is 11.8 Å². The molecule has 42 heavy (non-hydrogen) atoms. The molecule has 3 aromatic carbocycles. The highest BCUT2D eigenvalue weighted by Crippen LogP contribution is 2.36. The van der Waals surface area contributed by atoms with Crippen molar-refractivity contribution in [3.63, 3.8) is 0 Å². The molecule has 4 rings (SSSR count). The number of halogens is 1. The predicted molar refractivity (Wildman–Crippen MR) is 162 cm³/mol. The van der Waals surface area contributed by atoms with Crippen molar-refractivity contribution < 1.29 is 27.5 Å². The first-order valence-electron chi connectivity index (χ1n) is 13.8. The maximum atomic E-state index is 14.2. The van der Waals surface area contributed by atoms with Gasteiger partial charge >= 0.3 is 0 Å². The molecule has 0 unspecified atom stereocenters. The van der Waals surface area contributed by atoms with Gasteiger partial charge in [0, 0.05) is 23.7 Å². The number of ether oxygens (including phenoxy) is 2. The van der Waals surface area contributed by atoms with Gasteiger partial charge in [-0.25, -0.2) is 8.42 Å². The molecule has 1 saturated carbocycles. The van der Waals surface area contributed by atoms with E-state index in [1.807, 2.05) is 0 Å². The van der Waals surface area contributed by atoms with Crippen LogP contribution in [0.4, 0.5) is 5.69 Å². The molecular weight excluding hydrogens is 578 g/mol. The number of sulfonamides is 1. The number of nitrogens with one attached hydrogen (secondary N) is 1. The van der Waals surface area contributed by atoms with Gasteiger partial charge in [0.05, 0.1) is 24.8 Å². The van der Waals surface area contributed by atoms with Gasteiger partial charge in [-0.1, -0.05) is 54.8 Å². The Bertz CT molecular complexity index is 1480. The second kappa shape index (κ2) is 13.9. The lowest BCUT2D eigenvalue weighted by Gasteiger charge is -2.33. The summed E-state index contributed by atoms with van der Waals surface area (Å²) in [6, 6.07) is 18.7. The lowest BCUT2D eigenvalue weighted by Crippen LogP contribution is -2.52. The predicted octanol–water partition coefficient (Wildman–Crippen LogP) is 5.03. The first-order chi connectivity index (χ1) is 20.1. The number of carbonyl (C=O) groups is 2. The maximum Gasteiger partial charge on any atom is 0.264 e. The van der Waals surface area contributed by atoms with Gasteiger partial charge in [-0.15, -0.1) is 0 Å². The summed E-state index contributed by atoms with van der Waals surface area (Å²) < 4.78 is 40.0. The summed E-state index contributed by atoms with van der Waals surface area (Å²) in [6.45, 7) is 1.14. The van der Waals surface area contributed by atoms with Gasteiger partial charge in [-0.3, -0.25) is 13.9 Å². The van der Waals surface area contributed by atoms with Crippen LogP contribution in [0.5, 0.6) is 11.5 Å². The van der Waals surface area contributed by atoms with Crippen molar-refractivity contribution in [2.45, 2.75) is 56.1 Å². The van der Waals surface area contributed by atoms with Crippen LogP contribution in [0.1, 0.15) is 38.2 Å². The number of hydrogen-bond acceptors (Lipinski definition) is 6. The fraction of sp³-hybridized carbons (Fsp3) is 0.355. The Labute approximate surface area is 252 Å². The Morgan fingerprint density at radius 3 is 2.26 bits per heavy atom. The molecule has 3 aromatic rings. The number of nitrogens with zero attached hydrogens (tertiary/aromatic N) is 2. The molecular formula is C31H36ClN3O6S. The van der Waals surface area contributed by atoms with Crippen molar-refractivity contribution in [3.8, 4) is 11.5 Å². The zero-order valence-corrected chi connectivity index (χ0v) is 25.5.